The maximum atomic E-state index is 11.7. The predicted octanol–water partition coefficient (Wildman–Crippen LogP) is 2.28. The summed E-state index contributed by atoms with van der Waals surface area (Å²) in [5.41, 5.74) is 1.01. The lowest BCUT2D eigenvalue weighted by atomic mass is 10.1. The Morgan fingerprint density at radius 3 is 2.94 bits per heavy atom. The van der Waals surface area contributed by atoms with Crippen LogP contribution in [0.2, 0.25) is 0 Å². The lowest BCUT2D eigenvalue weighted by Gasteiger charge is -2.05. The molecule has 0 aliphatic carbocycles. The Balaban J connectivity index is 2.62. The highest BCUT2D eigenvalue weighted by molar-refractivity contribution is 5.96. The number of nitriles is 1. The minimum absolute atomic E-state index is 0.0992. The van der Waals surface area contributed by atoms with E-state index in [1.54, 1.807) is 19.1 Å². The summed E-state index contributed by atoms with van der Waals surface area (Å²) in [6.07, 6.45) is 0. The summed E-state index contributed by atoms with van der Waals surface area (Å²) in [6.45, 7) is 1.99. The van der Waals surface area contributed by atoms with Crippen molar-refractivity contribution >= 4 is 16.9 Å². The first-order valence-corrected chi connectivity index (χ1v) is 5.23. The number of hydrogen-bond donors (Lipinski definition) is 0. The molecule has 1 heterocycles. The third-order valence-electron chi connectivity index (χ3n) is 2.33. The molecule has 0 bridgehead atoms. The van der Waals surface area contributed by atoms with Gasteiger partial charge in [-0.15, -0.1) is 0 Å². The quantitative estimate of drug-likeness (QED) is 0.737. The topological polar surface area (TPSA) is 63.0 Å². The van der Waals surface area contributed by atoms with Gasteiger partial charge in [0, 0.05) is 5.39 Å². The van der Waals surface area contributed by atoms with Crippen LogP contribution in [0.15, 0.2) is 30.3 Å². The fraction of sp³-hybridized carbons (Fsp3) is 0.154. The Bertz CT molecular complexity index is 614. The summed E-state index contributed by atoms with van der Waals surface area (Å²) in [7, 11) is 0. The zero-order valence-corrected chi connectivity index (χ0v) is 9.30. The van der Waals surface area contributed by atoms with Crippen molar-refractivity contribution < 1.29 is 9.53 Å². The molecular weight excluding hydrogens is 216 g/mol. The molecule has 1 aromatic heterocycles. The Morgan fingerprint density at radius 2 is 2.24 bits per heavy atom. The summed E-state index contributed by atoms with van der Waals surface area (Å²) in [6, 6.07) is 10.9. The standard InChI is InChI=1S/C13H10N2O2/c1-2-17-13(16)10-7-9-5-3-4-6-11(9)15-12(10)8-14/h3-7H,2H2,1H3. The molecular formula is C13H10N2O2. The van der Waals surface area contributed by atoms with Crippen LogP contribution in [0.3, 0.4) is 0 Å². The van der Waals surface area contributed by atoms with E-state index in [0.29, 0.717) is 5.52 Å². The van der Waals surface area contributed by atoms with E-state index in [4.69, 9.17) is 10.00 Å². The molecule has 0 N–H and O–H groups in total. The van der Waals surface area contributed by atoms with Gasteiger partial charge in [0.15, 0.2) is 5.69 Å². The second kappa shape index (κ2) is 4.62. The summed E-state index contributed by atoms with van der Waals surface area (Å²) in [5.74, 6) is -0.512. The molecule has 0 aliphatic rings. The first-order valence-electron chi connectivity index (χ1n) is 5.23. The molecule has 0 unspecified atom stereocenters. The van der Waals surface area contributed by atoms with Crippen molar-refractivity contribution in [1.29, 1.82) is 5.26 Å². The molecule has 1 aromatic carbocycles. The third kappa shape index (κ3) is 2.08. The average molecular weight is 226 g/mol. The SMILES string of the molecule is CCOC(=O)c1cc2ccccc2nc1C#N. The van der Waals surface area contributed by atoms with Gasteiger partial charge in [0.2, 0.25) is 0 Å². The largest absolute Gasteiger partial charge is 0.462 e. The van der Waals surface area contributed by atoms with Gasteiger partial charge in [-0.3, -0.25) is 0 Å². The summed E-state index contributed by atoms with van der Waals surface area (Å²) >= 11 is 0. The highest BCUT2D eigenvalue weighted by Crippen LogP contribution is 2.17. The number of benzene rings is 1. The van der Waals surface area contributed by atoms with Crippen molar-refractivity contribution in [3.63, 3.8) is 0 Å². The molecule has 0 atom stereocenters. The van der Waals surface area contributed by atoms with E-state index < -0.39 is 5.97 Å². The molecule has 0 aliphatic heterocycles. The maximum Gasteiger partial charge on any atom is 0.341 e. The first-order chi connectivity index (χ1) is 8.26. The van der Waals surface area contributed by atoms with Gasteiger partial charge in [0.05, 0.1) is 17.7 Å². The fourth-order valence-corrected chi connectivity index (χ4v) is 1.57. The number of hydrogen-bond acceptors (Lipinski definition) is 4. The summed E-state index contributed by atoms with van der Waals surface area (Å²) in [5, 5.41) is 9.79. The molecule has 0 saturated carbocycles. The monoisotopic (exact) mass is 226 g/mol. The van der Waals surface area contributed by atoms with Crippen LogP contribution in [0, 0.1) is 11.3 Å². The molecule has 0 radical (unpaired) electrons. The zero-order chi connectivity index (χ0) is 12.3. The van der Waals surface area contributed by atoms with E-state index in [1.165, 1.54) is 0 Å². The molecule has 2 aromatic rings. The molecule has 2 rings (SSSR count). The van der Waals surface area contributed by atoms with Gasteiger partial charge in [0.1, 0.15) is 6.07 Å². The first kappa shape index (κ1) is 11.1. The average Bonchev–Trinajstić information content (AvgIpc) is 2.37. The van der Waals surface area contributed by atoms with E-state index in [9.17, 15) is 4.79 Å². The third-order valence-corrected chi connectivity index (χ3v) is 2.33. The second-order valence-electron chi connectivity index (χ2n) is 3.41. The Labute approximate surface area is 98.5 Å². The normalized spacial score (nSPS) is 9.88. The molecule has 17 heavy (non-hydrogen) atoms. The van der Waals surface area contributed by atoms with Crippen LogP contribution in [-0.2, 0) is 4.74 Å². The summed E-state index contributed by atoms with van der Waals surface area (Å²) in [4.78, 5) is 15.8. The van der Waals surface area contributed by atoms with Crippen LogP contribution in [0.5, 0.6) is 0 Å². The number of fused-ring (bicyclic) bond motifs is 1. The highest BCUT2D eigenvalue weighted by Gasteiger charge is 2.14. The number of carbonyl (C=O) groups excluding carboxylic acids is 1. The zero-order valence-electron chi connectivity index (χ0n) is 9.30. The number of rotatable bonds is 2. The van der Waals surface area contributed by atoms with Crippen molar-refractivity contribution in [2.75, 3.05) is 6.61 Å². The number of carbonyl (C=O) groups is 1. The van der Waals surface area contributed by atoms with Crippen molar-refractivity contribution in [1.82, 2.24) is 4.98 Å². The van der Waals surface area contributed by atoms with E-state index in [2.05, 4.69) is 4.98 Å². The molecule has 0 fully saturated rings. The van der Waals surface area contributed by atoms with Gasteiger partial charge in [-0.1, -0.05) is 18.2 Å². The Hall–Kier alpha value is -2.41. The van der Waals surface area contributed by atoms with Crippen LogP contribution in [0.25, 0.3) is 10.9 Å². The summed E-state index contributed by atoms with van der Waals surface area (Å²) < 4.78 is 4.89. The second-order valence-corrected chi connectivity index (χ2v) is 3.41. The number of esters is 1. The lowest BCUT2D eigenvalue weighted by molar-refractivity contribution is 0.0525. The number of para-hydroxylation sites is 1. The van der Waals surface area contributed by atoms with Crippen LogP contribution >= 0.6 is 0 Å². The Morgan fingerprint density at radius 1 is 1.47 bits per heavy atom. The van der Waals surface area contributed by atoms with Gasteiger partial charge in [-0.25, -0.2) is 9.78 Å². The number of pyridine rings is 1. The molecule has 0 saturated heterocycles. The van der Waals surface area contributed by atoms with Gasteiger partial charge in [-0.2, -0.15) is 5.26 Å². The van der Waals surface area contributed by atoms with Gasteiger partial charge in [0.25, 0.3) is 0 Å². The van der Waals surface area contributed by atoms with Crippen molar-refractivity contribution in [3.05, 3.63) is 41.6 Å². The number of aromatic nitrogens is 1. The van der Waals surface area contributed by atoms with E-state index in [0.717, 1.165) is 5.39 Å². The molecule has 0 amide bonds. The van der Waals surface area contributed by atoms with Crippen molar-refractivity contribution in [2.24, 2.45) is 0 Å². The van der Waals surface area contributed by atoms with Crippen LogP contribution < -0.4 is 0 Å². The molecule has 4 heteroatoms. The minimum atomic E-state index is -0.512. The van der Waals surface area contributed by atoms with E-state index >= 15 is 0 Å². The van der Waals surface area contributed by atoms with Crippen LogP contribution in [0.4, 0.5) is 0 Å². The minimum Gasteiger partial charge on any atom is -0.462 e. The van der Waals surface area contributed by atoms with Crippen molar-refractivity contribution in [2.45, 2.75) is 6.92 Å². The number of nitrogens with zero attached hydrogens (tertiary/aromatic N) is 2. The molecule has 4 nitrogen and oxygen atoms in total. The molecule has 84 valence electrons. The predicted molar refractivity (Wildman–Crippen MR) is 62.4 cm³/mol. The Kier molecular flexibility index (Phi) is 3.01. The van der Waals surface area contributed by atoms with Crippen LogP contribution in [-0.4, -0.2) is 17.6 Å². The number of ether oxygens (including phenoxy) is 1. The molecule has 0 spiro atoms. The fourth-order valence-electron chi connectivity index (χ4n) is 1.57. The van der Waals surface area contributed by atoms with Gasteiger partial charge >= 0.3 is 5.97 Å². The van der Waals surface area contributed by atoms with Gasteiger partial charge in [-0.05, 0) is 19.1 Å². The van der Waals surface area contributed by atoms with Crippen LogP contribution in [0.1, 0.15) is 23.0 Å². The van der Waals surface area contributed by atoms with Crippen molar-refractivity contribution in [3.8, 4) is 6.07 Å². The van der Waals surface area contributed by atoms with E-state index in [1.807, 2.05) is 24.3 Å². The maximum absolute atomic E-state index is 11.7. The van der Waals surface area contributed by atoms with E-state index in [-0.39, 0.29) is 17.9 Å². The van der Waals surface area contributed by atoms with Gasteiger partial charge < -0.3 is 4.74 Å². The smallest absolute Gasteiger partial charge is 0.341 e. The highest BCUT2D eigenvalue weighted by atomic mass is 16.5. The lowest BCUT2D eigenvalue weighted by Crippen LogP contribution is -2.08.